The largest absolute Gasteiger partial charge is 0.485 e. The van der Waals surface area contributed by atoms with Gasteiger partial charge in [-0.05, 0) is 66.9 Å². The molecule has 0 bridgehead atoms. The maximum atomic E-state index is 12.4. The van der Waals surface area contributed by atoms with Crippen LogP contribution < -0.4 is 10.1 Å². The average molecular weight is 481 g/mol. The van der Waals surface area contributed by atoms with Crippen LogP contribution in [0.1, 0.15) is 23.9 Å². The molecule has 1 N–H and O–H groups in total. The smallest absolute Gasteiger partial charge is 0.234 e. The fourth-order valence-corrected chi connectivity index (χ4v) is 4.69. The van der Waals surface area contributed by atoms with E-state index in [-0.39, 0.29) is 11.7 Å². The Kier molecular flexibility index (Phi) is 7.20. The summed E-state index contributed by atoms with van der Waals surface area (Å²) in [6.45, 7) is 6.98. The first-order valence-electron chi connectivity index (χ1n) is 10.7. The number of aromatic nitrogens is 3. The van der Waals surface area contributed by atoms with Crippen molar-refractivity contribution in [3.05, 3.63) is 76.6 Å². The highest BCUT2D eigenvalue weighted by molar-refractivity contribution is 7.99. The Balaban J connectivity index is 1.40. The molecule has 6 nitrogen and oxygen atoms in total. The average Bonchev–Trinajstić information content (AvgIpc) is 3.21. The van der Waals surface area contributed by atoms with E-state index in [1.807, 2.05) is 42.7 Å². The Bertz CT molecular complexity index is 1310. The lowest BCUT2D eigenvalue weighted by atomic mass is 10.0. The van der Waals surface area contributed by atoms with E-state index in [1.165, 1.54) is 22.5 Å². The van der Waals surface area contributed by atoms with E-state index >= 15 is 0 Å². The maximum Gasteiger partial charge on any atom is 0.234 e. The number of carbonyl (C=O) groups excluding carboxylic acids is 1. The lowest BCUT2D eigenvalue weighted by molar-refractivity contribution is -0.113. The fraction of sp³-hybridized carbons (Fsp3) is 0.240. The van der Waals surface area contributed by atoms with Crippen LogP contribution in [0.15, 0.2) is 59.8 Å². The molecule has 33 heavy (non-hydrogen) atoms. The van der Waals surface area contributed by atoms with Crippen LogP contribution in [-0.2, 0) is 17.9 Å². The summed E-state index contributed by atoms with van der Waals surface area (Å²) in [6, 6.07) is 17.7. The number of hydrogen-bond donors (Lipinski definition) is 1. The van der Waals surface area contributed by atoms with Crippen LogP contribution in [0.3, 0.4) is 0 Å². The first-order valence-corrected chi connectivity index (χ1v) is 12.0. The second-order valence-corrected chi connectivity index (χ2v) is 9.02. The Morgan fingerprint density at radius 1 is 1.12 bits per heavy atom. The molecule has 3 aromatic carbocycles. The van der Waals surface area contributed by atoms with Crippen LogP contribution in [0.4, 0.5) is 5.69 Å². The third-order valence-electron chi connectivity index (χ3n) is 5.41. The van der Waals surface area contributed by atoms with Crippen molar-refractivity contribution in [3.8, 4) is 5.75 Å². The summed E-state index contributed by atoms with van der Waals surface area (Å²) in [5, 5.41) is 15.2. The number of nitrogens with zero attached hydrogens (tertiary/aromatic N) is 3. The van der Waals surface area contributed by atoms with Gasteiger partial charge in [0.05, 0.1) is 5.75 Å². The number of aryl methyl sites for hydroxylation is 2. The van der Waals surface area contributed by atoms with Crippen molar-refractivity contribution in [2.24, 2.45) is 0 Å². The van der Waals surface area contributed by atoms with Crippen molar-refractivity contribution >= 4 is 45.7 Å². The number of hydrogen-bond acceptors (Lipinski definition) is 5. The van der Waals surface area contributed by atoms with E-state index in [0.29, 0.717) is 23.3 Å². The summed E-state index contributed by atoms with van der Waals surface area (Å²) < 4.78 is 8.07. The lowest BCUT2D eigenvalue weighted by Gasteiger charge is -2.12. The van der Waals surface area contributed by atoms with Gasteiger partial charge >= 0.3 is 0 Å². The molecule has 4 rings (SSSR count). The SMILES string of the molecule is CCn1c(COc2ccc3ccccc3c2C)nnc1SCC(=O)Nc1ccc(Cl)cc1C. The third-order valence-corrected chi connectivity index (χ3v) is 6.61. The molecule has 0 atom stereocenters. The number of anilines is 1. The minimum absolute atomic E-state index is 0.110. The first-order chi connectivity index (χ1) is 16.0. The number of nitrogens with one attached hydrogen (secondary N) is 1. The second-order valence-electron chi connectivity index (χ2n) is 7.64. The molecule has 170 valence electrons. The van der Waals surface area contributed by atoms with Gasteiger partial charge in [0.25, 0.3) is 0 Å². The van der Waals surface area contributed by atoms with Crippen molar-refractivity contribution in [1.29, 1.82) is 0 Å². The number of thioether (sulfide) groups is 1. The van der Waals surface area contributed by atoms with E-state index < -0.39 is 0 Å². The van der Waals surface area contributed by atoms with Gasteiger partial charge in [0, 0.05) is 17.3 Å². The van der Waals surface area contributed by atoms with Crippen molar-refractivity contribution < 1.29 is 9.53 Å². The molecule has 8 heteroatoms. The van der Waals surface area contributed by atoms with E-state index in [2.05, 4.69) is 40.6 Å². The van der Waals surface area contributed by atoms with Crippen LogP contribution >= 0.6 is 23.4 Å². The minimum atomic E-state index is -0.110. The summed E-state index contributed by atoms with van der Waals surface area (Å²) in [7, 11) is 0. The predicted octanol–water partition coefficient (Wildman–Crippen LogP) is 6.03. The van der Waals surface area contributed by atoms with Gasteiger partial charge in [-0.15, -0.1) is 10.2 Å². The minimum Gasteiger partial charge on any atom is -0.485 e. The summed E-state index contributed by atoms with van der Waals surface area (Å²) in [5.41, 5.74) is 2.77. The highest BCUT2D eigenvalue weighted by Gasteiger charge is 2.15. The van der Waals surface area contributed by atoms with Gasteiger partial charge in [0.1, 0.15) is 12.4 Å². The van der Waals surface area contributed by atoms with Crippen LogP contribution in [-0.4, -0.2) is 26.4 Å². The Morgan fingerprint density at radius 2 is 1.94 bits per heavy atom. The van der Waals surface area contributed by atoms with Gasteiger partial charge in [-0.25, -0.2) is 0 Å². The summed E-state index contributed by atoms with van der Waals surface area (Å²) in [6.07, 6.45) is 0. The van der Waals surface area contributed by atoms with Crippen molar-refractivity contribution in [2.45, 2.75) is 39.1 Å². The molecule has 0 spiro atoms. The molecule has 0 aliphatic rings. The predicted molar refractivity (Wildman–Crippen MR) is 134 cm³/mol. The van der Waals surface area contributed by atoms with Crippen LogP contribution in [0, 0.1) is 13.8 Å². The number of amides is 1. The molecule has 0 saturated carbocycles. The summed E-state index contributed by atoms with van der Waals surface area (Å²) in [5.74, 6) is 1.67. The van der Waals surface area contributed by atoms with Crippen LogP contribution in [0.25, 0.3) is 10.8 Å². The molecular weight excluding hydrogens is 456 g/mol. The number of fused-ring (bicyclic) bond motifs is 1. The van der Waals surface area contributed by atoms with Gasteiger partial charge in [-0.3, -0.25) is 4.79 Å². The van der Waals surface area contributed by atoms with Gasteiger partial charge in [0.2, 0.25) is 5.91 Å². The zero-order chi connectivity index (χ0) is 23.4. The van der Waals surface area contributed by atoms with Gasteiger partial charge in [-0.1, -0.05) is 53.7 Å². The van der Waals surface area contributed by atoms with Gasteiger partial charge < -0.3 is 14.6 Å². The number of ether oxygens (including phenoxy) is 1. The molecule has 0 fully saturated rings. The molecule has 0 aliphatic carbocycles. The molecule has 1 heterocycles. The van der Waals surface area contributed by atoms with Gasteiger partial charge in [-0.2, -0.15) is 0 Å². The Labute approximate surface area is 202 Å². The van der Waals surface area contributed by atoms with E-state index in [1.54, 1.807) is 12.1 Å². The molecule has 1 amide bonds. The molecule has 0 unspecified atom stereocenters. The van der Waals surface area contributed by atoms with Gasteiger partial charge in [0.15, 0.2) is 11.0 Å². The number of benzene rings is 3. The van der Waals surface area contributed by atoms with Crippen LogP contribution in [0.2, 0.25) is 5.02 Å². The van der Waals surface area contributed by atoms with Crippen molar-refractivity contribution in [1.82, 2.24) is 14.8 Å². The molecule has 0 saturated heterocycles. The zero-order valence-corrected chi connectivity index (χ0v) is 20.3. The molecule has 0 aliphatic heterocycles. The summed E-state index contributed by atoms with van der Waals surface area (Å²) >= 11 is 7.34. The van der Waals surface area contributed by atoms with E-state index in [0.717, 1.165) is 28.4 Å². The number of carbonyl (C=O) groups is 1. The summed E-state index contributed by atoms with van der Waals surface area (Å²) in [4.78, 5) is 12.4. The Hall–Kier alpha value is -3.03. The zero-order valence-electron chi connectivity index (χ0n) is 18.8. The lowest BCUT2D eigenvalue weighted by Crippen LogP contribution is -2.15. The highest BCUT2D eigenvalue weighted by Crippen LogP contribution is 2.28. The maximum absolute atomic E-state index is 12.4. The second kappa shape index (κ2) is 10.3. The van der Waals surface area contributed by atoms with E-state index in [9.17, 15) is 4.79 Å². The standard InChI is InChI=1S/C25H25ClN4O2S/c1-4-30-23(14-32-22-12-9-18-7-5-6-8-20(18)17(22)3)28-29-25(30)33-15-24(31)27-21-11-10-19(26)13-16(21)2/h5-13H,4,14-15H2,1-3H3,(H,27,31). The van der Waals surface area contributed by atoms with E-state index in [4.69, 9.17) is 16.3 Å². The number of halogens is 1. The monoisotopic (exact) mass is 480 g/mol. The number of rotatable bonds is 8. The van der Waals surface area contributed by atoms with Crippen molar-refractivity contribution in [2.75, 3.05) is 11.1 Å². The molecule has 1 aromatic heterocycles. The molecule has 4 aromatic rings. The normalized spacial score (nSPS) is 11.0. The van der Waals surface area contributed by atoms with Crippen LogP contribution in [0.5, 0.6) is 5.75 Å². The topological polar surface area (TPSA) is 69.0 Å². The quantitative estimate of drug-likeness (QED) is 0.312. The fourth-order valence-electron chi connectivity index (χ4n) is 3.64. The molecule has 0 radical (unpaired) electrons. The Morgan fingerprint density at radius 3 is 2.73 bits per heavy atom. The highest BCUT2D eigenvalue weighted by atomic mass is 35.5. The molecular formula is C25H25ClN4O2S. The third kappa shape index (κ3) is 5.31. The van der Waals surface area contributed by atoms with Crippen molar-refractivity contribution in [3.63, 3.8) is 0 Å². The first kappa shape index (κ1) is 23.1.